The van der Waals surface area contributed by atoms with Crippen LogP contribution in [0.5, 0.6) is 0 Å². The van der Waals surface area contributed by atoms with Crippen molar-refractivity contribution in [3.63, 3.8) is 0 Å². The number of nitrogens with zero attached hydrogens (tertiary/aromatic N) is 1. The minimum absolute atomic E-state index is 0.0327. The van der Waals surface area contributed by atoms with Gasteiger partial charge < -0.3 is 16.0 Å². The van der Waals surface area contributed by atoms with Gasteiger partial charge in [-0.1, -0.05) is 12.5 Å². The van der Waals surface area contributed by atoms with Crippen molar-refractivity contribution in [1.29, 1.82) is 0 Å². The lowest BCUT2D eigenvalue weighted by Crippen LogP contribution is -2.66. The first kappa shape index (κ1) is 16.0. The van der Waals surface area contributed by atoms with Gasteiger partial charge in [-0.2, -0.15) is 0 Å². The third-order valence-electron chi connectivity index (χ3n) is 3.94. The molecule has 19 heavy (non-hydrogen) atoms. The molecule has 1 rings (SSSR count). The molecule has 0 bridgehead atoms. The number of amides is 2. The van der Waals surface area contributed by atoms with E-state index in [1.807, 2.05) is 18.0 Å². The maximum absolute atomic E-state index is 12.5. The van der Waals surface area contributed by atoms with Gasteiger partial charge in [0.15, 0.2) is 0 Å². The van der Waals surface area contributed by atoms with Crippen molar-refractivity contribution in [2.45, 2.75) is 77.9 Å². The summed E-state index contributed by atoms with van der Waals surface area (Å²) < 4.78 is 0. The molecule has 1 aliphatic heterocycles. The lowest BCUT2D eigenvalue weighted by Gasteiger charge is -2.54. The summed E-state index contributed by atoms with van der Waals surface area (Å²) in [6.07, 6.45) is 4.42. The van der Waals surface area contributed by atoms with Crippen molar-refractivity contribution < 1.29 is 4.79 Å². The maximum atomic E-state index is 12.5. The summed E-state index contributed by atoms with van der Waals surface area (Å²) >= 11 is 0. The van der Waals surface area contributed by atoms with Gasteiger partial charge in [0.25, 0.3) is 0 Å². The Labute approximate surface area is 117 Å². The Morgan fingerprint density at radius 3 is 2.21 bits per heavy atom. The van der Waals surface area contributed by atoms with Crippen LogP contribution in [0.4, 0.5) is 4.79 Å². The Bertz CT molecular complexity index is 354. The van der Waals surface area contributed by atoms with E-state index in [1.54, 1.807) is 0 Å². The van der Waals surface area contributed by atoms with E-state index in [4.69, 9.17) is 5.73 Å². The maximum Gasteiger partial charge on any atom is 0.322 e. The zero-order valence-electron chi connectivity index (χ0n) is 13.2. The predicted octanol–water partition coefficient (Wildman–Crippen LogP) is 2.99. The van der Waals surface area contributed by atoms with Gasteiger partial charge >= 0.3 is 6.03 Å². The summed E-state index contributed by atoms with van der Waals surface area (Å²) in [4.78, 5) is 14.4. The number of piperidine rings is 1. The number of allylic oxidation sites excluding steroid dienone is 1. The van der Waals surface area contributed by atoms with Crippen LogP contribution >= 0.6 is 0 Å². The van der Waals surface area contributed by atoms with E-state index in [0.717, 1.165) is 24.8 Å². The molecule has 0 aromatic carbocycles. The van der Waals surface area contributed by atoms with Crippen LogP contribution in [0.25, 0.3) is 0 Å². The molecule has 4 heteroatoms. The summed E-state index contributed by atoms with van der Waals surface area (Å²) in [6.45, 7) is 12.4. The van der Waals surface area contributed by atoms with E-state index in [1.165, 1.54) is 0 Å². The molecule has 1 saturated heterocycles. The molecule has 0 aromatic rings. The molecule has 1 fully saturated rings. The number of hydrogen-bond acceptors (Lipinski definition) is 2. The van der Waals surface area contributed by atoms with Crippen LogP contribution in [0, 0.1) is 0 Å². The topological polar surface area (TPSA) is 58.4 Å². The molecule has 3 N–H and O–H groups in total. The second kappa shape index (κ2) is 5.53. The lowest BCUT2D eigenvalue weighted by molar-refractivity contribution is 0.00439. The van der Waals surface area contributed by atoms with Crippen LogP contribution in [0.3, 0.4) is 0 Å². The van der Waals surface area contributed by atoms with Crippen molar-refractivity contribution >= 4 is 6.03 Å². The predicted molar refractivity (Wildman–Crippen MR) is 79.8 cm³/mol. The molecular formula is C15H29N3O. The monoisotopic (exact) mass is 267 g/mol. The highest BCUT2D eigenvalue weighted by Crippen LogP contribution is 2.37. The van der Waals surface area contributed by atoms with Gasteiger partial charge in [-0.05, 0) is 53.9 Å². The summed E-state index contributed by atoms with van der Waals surface area (Å²) in [5.74, 6) is 0. The SMILES string of the molecule is CC/C(C)=C/NC(=O)N1C(C)(C)CC(N)CC1(C)C. The highest BCUT2D eigenvalue weighted by atomic mass is 16.2. The molecule has 110 valence electrons. The molecule has 0 spiro atoms. The van der Waals surface area contributed by atoms with Gasteiger partial charge in [0.2, 0.25) is 0 Å². The molecule has 0 aromatic heterocycles. The molecule has 0 atom stereocenters. The van der Waals surface area contributed by atoms with Crippen LogP contribution < -0.4 is 11.1 Å². The Balaban J connectivity index is 2.92. The summed E-state index contributed by atoms with van der Waals surface area (Å²) in [6, 6.07) is 0.122. The van der Waals surface area contributed by atoms with E-state index in [0.29, 0.717) is 0 Å². The number of carbonyl (C=O) groups is 1. The number of urea groups is 1. The second-order valence-corrected chi connectivity index (χ2v) is 6.92. The van der Waals surface area contributed by atoms with Crippen LogP contribution in [0.1, 0.15) is 60.8 Å². The fourth-order valence-electron chi connectivity index (χ4n) is 3.26. The molecule has 1 aliphatic rings. The normalized spacial score (nSPS) is 23.3. The second-order valence-electron chi connectivity index (χ2n) is 6.92. The minimum Gasteiger partial charge on any atom is -0.328 e. The van der Waals surface area contributed by atoms with Crippen LogP contribution in [0.15, 0.2) is 11.8 Å². The number of rotatable bonds is 2. The molecule has 2 amide bonds. The Morgan fingerprint density at radius 2 is 1.79 bits per heavy atom. The average Bonchev–Trinajstić information content (AvgIpc) is 2.21. The number of likely N-dealkylation sites (tertiary alicyclic amines) is 1. The fraction of sp³-hybridized carbons (Fsp3) is 0.800. The lowest BCUT2D eigenvalue weighted by atomic mass is 9.77. The van der Waals surface area contributed by atoms with Crippen molar-refractivity contribution in [3.05, 3.63) is 11.8 Å². The summed E-state index contributed by atoms with van der Waals surface area (Å²) in [7, 11) is 0. The molecule has 0 saturated carbocycles. The molecule has 1 heterocycles. The van der Waals surface area contributed by atoms with E-state index >= 15 is 0 Å². The Morgan fingerprint density at radius 1 is 1.32 bits per heavy atom. The minimum atomic E-state index is -0.223. The summed E-state index contributed by atoms with van der Waals surface area (Å²) in [5.41, 5.74) is 6.84. The first-order chi connectivity index (χ1) is 8.60. The molecular weight excluding hydrogens is 238 g/mol. The van der Waals surface area contributed by atoms with Crippen LogP contribution in [0.2, 0.25) is 0 Å². The fourth-order valence-corrected chi connectivity index (χ4v) is 3.26. The zero-order chi connectivity index (χ0) is 14.8. The summed E-state index contributed by atoms with van der Waals surface area (Å²) in [5, 5.41) is 2.91. The molecule has 0 aliphatic carbocycles. The van der Waals surface area contributed by atoms with E-state index in [2.05, 4.69) is 39.9 Å². The van der Waals surface area contributed by atoms with E-state index < -0.39 is 0 Å². The van der Waals surface area contributed by atoms with E-state index in [-0.39, 0.29) is 23.2 Å². The largest absolute Gasteiger partial charge is 0.328 e. The molecule has 0 radical (unpaired) electrons. The number of carbonyl (C=O) groups excluding carboxylic acids is 1. The smallest absolute Gasteiger partial charge is 0.322 e. The number of nitrogens with two attached hydrogens (primary N) is 1. The van der Waals surface area contributed by atoms with Gasteiger partial charge in [0.1, 0.15) is 0 Å². The van der Waals surface area contributed by atoms with Gasteiger partial charge in [-0.3, -0.25) is 0 Å². The van der Waals surface area contributed by atoms with Crippen LogP contribution in [-0.4, -0.2) is 28.1 Å². The Hall–Kier alpha value is -1.03. The standard InChI is InChI=1S/C15H29N3O/c1-7-11(2)10-17-13(19)18-14(3,4)8-12(16)9-15(18,5)6/h10,12H,7-9,16H2,1-6H3,(H,17,19)/b11-10+. The molecule has 0 unspecified atom stereocenters. The first-order valence-corrected chi connectivity index (χ1v) is 7.12. The van der Waals surface area contributed by atoms with Gasteiger partial charge in [0.05, 0.1) is 0 Å². The third kappa shape index (κ3) is 3.72. The van der Waals surface area contributed by atoms with Crippen molar-refractivity contribution in [2.75, 3.05) is 0 Å². The van der Waals surface area contributed by atoms with Crippen molar-refractivity contribution in [2.24, 2.45) is 5.73 Å². The number of nitrogens with one attached hydrogen (secondary N) is 1. The van der Waals surface area contributed by atoms with E-state index in [9.17, 15) is 4.79 Å². The van der Waals surface area contributed by atoms with Gasteiger partial charge in [-0.25, -0.2) is 4.79 Å². The van der Waals surface area contributed by atoms with Crippen LogP contribution in [-0.2, 0) is 0 Å². The highest BCUT2D eigenvalue weighted by molar-refractivity contribution is 5.77. The average molecular weight is 267 g/mol. The van der Waals surface area contributed by atoms with Crippen molar-refractivity contribution in [3.8, 4) is 0 Å². The van der Waals surface area contributed by atoms with Gasteiger partial charge in [-0.15, -0.1) is 0 Å². The van der Waals surface area contributed by atoms with Gasteiger partial charge in [0, 0.05) is 23.3 Å². The Kier molecular flexibility index (Phi) is 4.67. The number of hydrogen-bond donors (Lipinski definition) is 2. The quantitative estimate of drug-likeness (QED) is 0.808. The zero-order valence-corrected chi connectivity index (χ0v) is 13.2. The third-order valence-corrected chi connectivity index (χ3v) is 3.94. The first-order valence-electron chi connectivity index (χ1n) is 7.12. The highest BCUT2D eigenvalue weighted by Gasteiger charge is 2.46. The van der Waals surface area contributed by atoms with Crippen molar-refractivity contribution in [1.82, 2.24) is 10.2 Å². The molecule has 4 nitrogen and oxygen atoms in total.